The van der Waals surface area contributed by atoms with Crippen molar-refractivity contribution in [1.82, 2.24) is 5.32 Å². The highest BCUT2D eigenvalue weighted by atomic mass is 19.4. The van der Waals surface area contributed by atoms with Crippen LogP contribution in [0.5, 0.6) is 0 Å². The number of aliphatic hydroxyl groups is 4. The first-order valence-electron chi connectivity index (χ1n) is 9.93. The first-order valence-corrected chi connectivity index (χ1v) is 9.93. The van der Waals surface area contributed by atoms with Gasteiger partial charge in [-0.2, -0.15) is 13.2 Å². The molecule has 0 saturated heterocycles. The monoisotopic (exact) mass is 447 g/mol. The maximum atomic E-state index is 12.7. The van der Waals surface area contributed by atoms with Crippen molar-refractivity contribution < 1.29 is 43.1 Å². The predicted octanol–water partition coefficient (Wildman–Crippen LogP) is 1.82. The molecular formula is C21H28F3NO6. The summed E-state index contributed by atoms with van der Waals surface area (Å²) in [5, 5.41) is 42.8. The van der Waals surface area contributed by atoms with Crippen molar-refractivity contribution >= 4 is 5.97 Å². The second-order valence-corrected chi connectivity index (χ2v) is 7.79. The minimum absolute atomic E-state index is 0.112. The van der Waals surface area contributed by atoms with Gasteiger partial charge in [-0.3, -0.25) is 0 Å². The minimum atomic E-state index is -4.45. The molecule has 0 radical (unpaired) electrons. The van der Waals surface area contributed by atoms with E-state index in [9.17, 15) is 38.4 Å². The molecule has 5 unspecified atom stereocenters. The van der Waals surface area contributed by atoms with Crippen molar-refractivity contribution in [1.29, 1.82) is 0 Å². The van der Waals surface area contributed by atoms with Crippen LogP contribution < -0.4 is 5.32 Å². The van der Waals surface area contributed by atoms with Gasteiger partial charge in [0.1, 0.15) is 29.6 Å². The largest absolute Gasteiger partial charge is 0.511 e. The van der Waals surface area contributed by atoms with E-state index in [0.717, 1.165) is 0 Å². The minimum Gasteiger partial charge on any atom is -0.511 e. The van der Waals surface area contributed by atoms with Gasteiger partial charge in [-0.05, 0) is 18.9 Å². The number of fused-ring (bicyclic) bond motifs is 1. The van der Waals surface area contributed by atoms with Crippen LogP contribution in [-0.4, -0.2) is 69.6 Å². The Kier molecular flexibility index (Phi) is 8.47. The number of aliphatic hydroxyl groups excluding tert-OH is 4. The van der Waals surface area contributed by atoms with Gasteiger partial charge in [0.25, 0.3) is 0 Å². The van der Waals surface area contributed by atoms with E-state index in [-0.39, 0.29) is 29.9 Å². The third kappa shape index (κ3) is 7.20. The van der Waals surface area contributed by atoms with Gasteiger partial charge >= 0.3 is 12.1 Å². The first kappa shape index (κ1) is 25.1. The average molecular weight is 447 g/mol. The molecule has 0 aromatic heterocycles. The summed E-state index contributed by atoms with van der Waals surface area (Å²) in [6.45, 7) is 2.03. The van der Waals surface area contributed by atoms with Crippen molar-refractivity contribution in [2.24, 2.45) is 5.92 Å². The molecule has 5 N–H and O–H groups in total. The zero-order chi connectivity index (χ0) is 23.3. The van der Waals surface area contributed by atoms with Crippen LogP contribution in [0.2, 0.25) is 0 Å². The van der Waals surface area contributed by atoms with E-state index < -0.39 is 54.9 Å². The molecule has 0 aromatic carbocycles. The van der Waals surface area contributed by atoms with Crippen molar-refractivity contribution in [3.63, 3.8) is 0 Å². The summed E-state index contributed by atoms with van der Waals surface area (Å²) in [6.07, 6.45) is -2.66. The Balaban J connectivity index is 2.36. The topological polar surface area (TPSA) is 119 Å². The number of allylic oxidation sites excluding steroid dienone is 1. The highest BCUT2D eigenvalue weighted by Crippen LogP contribution is 2.28. The fourth-order valence-electron chi connectivity index (χ4n) is 3.18. The van der Waals surface area contributed by atoms with Crippen LogP contribution in [0.4, 0.5) is 13.2 Å². The number of cyclic esters (lactones) is 1. The molecule has 6 atom stereocenters. The number of carbonyl (C=O) groups excluding carboxylic acids is 1. The van der Waals surface area contributed by atoms with Crippen LogP contribution in [0.3, 0.4) is 0 Å². The maximum Gasteiger partial charge on any atom is 0.401 e. The van der Waals surface area contributed by atoms with E-state index in [1.54, 1.807) is 13.8 Å². The molecule has 0 amide bonds. The molecule has 10 heteroatoms. The van der Waals surface area contributed by atoms with Crippen LogP contribution in [0.25, 0.3) is 0 Å². The number of hydrogen-bond donors (Lipinski definition) is 5. The summed E-state index contributed by atoms with van der Waals surface area (Å²) in [6, 6.07) is -0.881. The number of hydrogen-bond acceptors (Lipinski definition) is 7. The summed E-state index contributed by atoms with van der Waals surface area (Å²) in [5.74, 6) is -1.62. The molecule has 0 saturated carbocycles. The fourth-order valence-corrected chi connectivity index (χ4v) is 3.18. The molecule has 0 bridgehead atoms. The quantitative estimate of drug-likeness (QED) is 0.324. The number of rotatable bonds is 2. The van der Waals surface area contributed by atoms with Crippen molar-refractivity contribution in [3.05, 3.63) is 47.3 Å². The molecule has 1 aliphatic carbocycles. The third-order valence-electron chi connectivity index (χ3n) is 5.20. The molecule has 0 aromatic rings. The van der Waals surface area contributed by atoms with Crippen LogP contribution in [0, 0.1) is 5.92 Å². The predicted molar refractivity (Wildman–Crippen MR) is 106 cm³/mol. The van der Waals surface area contributed by atoms with E-state index in [2.05, 4.69) is 5.32 Å². The van der Waals surface area contributed by atoms with E-state index in [4.69, 9.17) is 4.74 Å². The van der Waals surface area contributed by atoms with Gasteiger partial charge in [0.15, 0.2) is 0 Å². The molecule has 174 valence electrons. The van der Waals surface area contributed by atoms with Crippen LogP contribution in [0.1, 0.15) is 26.7 Å². The Morgan fingerprint density at radius 1 is 1.19 bits per heavy atom. The zero-order valence-corrected chi connectivity index (χ0v) is 17.2. The van der Waals surface area contributed by atoms with Crippen LogP contribution in [-0.2, 0) is 9.53 Å². The third-order valence-corrected chi connectivity index (χ3v) is 5.20. The normalized spacial score (nSPS) is 35.5. The molecular weight excluding hydrogens is 419 g/mol. The summed E-state index contributed by atoms with van der Waals surface area (Å²) in [4.78, 5) is 12.7. The van der Waals surface area contributed by atoms with Gasteiger partial charge in [-0.1, -0.05) is 37.3 Å². The molecule has 7 nitrogen and oxygen atoms in total. The molecule has 0 spiro atoms. The number of alkyl halides is 3. The Bertz CT molecular complexity index is 774. The fraction of sp³-hybridized carbons (Fsp3) is 0.571. The van der Waals surface area contributed by atoms with Gasteiger partial charge in [0.05, 0.1) is 12.6 Å². The van der Waals surface area contributed by atoms with Gasteiger partial charge in [-0.25, -0.2) is 4.79 Å². The van der Waals surface area contributed by atoms with Gasteiger partial charge < -0.3 is 30.5 Å². The molecule has 31 heavy (non-hydrogen) atoms. The van der Waals surface area contributed by atoms with Gasteiger partial charge in [-0.15, -0.1) is 0 Å². The van der Waals surface area contributed by atoms with Gasteiger partial charge in [0, 0.05) is 18.4 Å². The summed E-state index contributed by atoms with van der Waals surface area (Å²) >= 11 is 0. The summed E-state index contributed by atoms with van der Waals surface area (Å²) < 4.78 is 43.0. The molecule has 2 aliphatic rings. The first-order chi connectivity index (χ1) is 14.4. The lowest BCUT2D eigenvalue weighted by Gasteiger charge is -2.26. The average Bonchev–Trinajstić information content (AvgIpc) is 2.67. The molecule has 1 heterocycles. The lowest BCUT2D eigenvalue weighted by atomic mass is 9.91. The highest BCUT2D eigenvalue weighted by molar-refractivity contribution is 5.95. The summed E-state index contributed by atoms with van der Waals surface area (Å²) in [7, 11) is 0. The highest BCUT2D eigenvalue weighted by Gasteiger charge is 2.32. The van der Waals surface area contributed by atoms with E-state index in [1.165, 1.54) is 30.4 Å². The number of nitrogens with one attached hydrogen (secondary N) is 1. The van der Waals surface area contributed by atoms with E-state index in [1.807, 2.05) is 0 Å². The standard InChI is InChI=1S/C21H28F3NO6/c1-11-6-7-16(27)19(29)15(26)5-3-4-13-8-14(25-10-21(22,23)24)9-17(28)18(13)20(30)31-12(11)2/h3-4,6-8,11-12,14-16,19,25-29H,5,9-10H2,1-2H3/b4-3+,7-6-/t11-,12?,14?,15?,16?,19?/m1/s1. The van der Waals surface area contributed by atoms with Crippen LogP contribution >= 0.6 is 0 Å². The van der Waals surface area contributed by atoms with Crippen LogP contribution in [0.15, 0.2) is 47.3 Å². The molecule has 2 rings (SSSR count). The Morgan fingerprint density at radius 2 is 1.87 bits per heavy atom. The lowest BCUT2D eigenvalue weighted by Crippen LogP contribution is -2.38. The van der Waals surface area contributed by atoms with Crippen molar-refractivity contribution in [2.75, 3.05) is 6.54 Å². The maximum absolute atomic E-state index is 12.7. The lowest BCUT2D eigenvalue weighted by molar-refractivity contribution is -0.145. The number of halogens is 3. The smallest absolute Gasteiger partial charge is 0.401 e. The van der Waals surface area contributed by atoms with Gasteiger partial charge in [0.2, 0.25) is 0 Å². The number of esters is 1. The summed E-state index contributed by atoms with van der Waals surface area (Å²) in [5.41, 5.74) is -0.0420. The molecule has 1 aliphatic heterocycles. The van der Waals surface area contributed by atoms with E-state index in [0.29, 0.717) is 0 Å². The van der Waals surface area contributed by atoms with Crippen molar-refractivity contribution in [3.8, 4) is 0 Å². The Labute approximate surface area is 178 Å². The van der Waals surface area contributed by atoms with E-state index >= 15 is 0 Å². The molecule has 0 fully saturated rings. The number of ether oxygens (including phenoxy) is 1. The second-order valence-electron chi connectivity index (χ2n) is 7.79. The SMILES string of the molecule is CC1OC(=O)C2=C(O)CC(NCC(F)(F)F)C=C2/C=C/CC(O)C(O)C(O)/C=C\[C@H]1C. The zero-order valence-electron chi connectivity index (χ0n) is 17.2. The number of carbonyl (C=O) groups is 1. The van der Waals surface area contributed by atoms with Crippen molar-refractivity contribution in [2.45, 2.75) is 63.3 Å². The Morgan fingerprint density at radius 3 is 2.52 bits per heavy atom. The second kappa shape index (κ2) is 10.4. The Hall–Kier alpha value is -2.14.